The van der Waals surface area contributed by atoms with Gasteiger partial charge >= 0.3 is 0 Å². The lowest BCUT2D eigenvalue weighted by Gasteiger charge is -2.29. The Balaban J connectivity index is 1.39. The first kappa shape index (κ1) is 34.3. The van der Waals surface area contributed by atoms with Crippen LogP contribution < -0.4 is 5.14 Å². The molecular weight excluding hydrogens is 640 g/mol. The van der Waals surface area contributed by atoms with E-state index in [2.05, 4.69) is 0 Å². The minimum atomic E-state index is -3.90. The maximum atomic E-state index is 15.2. The summed E-state index contributed by atoms with van der Waals surface area (Å²) in [6.07, 6.45) is -2.14. The number of halogens is 2. The molecule has 2 saturated heterocycles. The quantitative estimate of drug-likeness (QED) is 0.226. The maximum absolute atomic E-state index is 15.2. The van der Waals surface area contributed by atoms with E-state index in [0.717, 1.165) is 11.1 Å². The van der Waals surface area contributed by atoms with Crippen LogP contribution in [-0.4, -0.2) is 94.1 Å². The number of β-amino-alcohol motifs (C(OH)–C–C–N with tert-alkyl or cyclic N) is 2. The van der Waals surface area contributed by atoms with Gasteiger partial charge in [-0.2, -0.15) is 0 Å². The van der Waals surface area contributed by atoms with Crippen molar-refractivity contribution in [2.45, 2.75) is 17.1 Å². The second kappa shape index (κ2) is 14.9. The van der Waals surface area contributed by atoms with Crippen molar-refractivity contribution in [3.63, 3.8) is 0 Å². The lowest BCUT2D eigenvalue weighted by atomic mass is 9.89. The lowest BCUT2D eigenvalue weighted by Crippen LogP contribution is -2.38. The van der Waals surface area contributed by atoms with Gasteiger partial charge in [0.05, 0.1) is 43.5 Å². The molecule has 0 aliphatic carbocycles. The Kier molecular flexibility index (Phi) is 10.6. The monoisotopic (exact) mass is 679 g/mol. The molecule has 0 aromatic heterocycles. The van der Waals surface area contributed by atoms with E-state index < -0.39 is 33.9 Å². The molecule has 4 N–H and O–H groups in total. The van der Waals surface area contributed by atoms with Gasteiger partial charge in [0.2, 0.25) is 10.0 Å². The molecule has 4 aromatic rings. The summed E-state index contributed by atoms with van der Waals surface area (Å²) in [6, 6.07) is 20.9. The van der Waals surface area contributed by atoms with E-state index in [1.807, 2.05) is 28.0 Å². The van der Waals surface area contributed by atoms with Gasteiger partial charge in [0.15, 0.2) is 0 Å². The number of ether oxygens (including phenoxy) is 2. The zero-order chi connectivity index (χ0) is 33.8. The summed E-state index contributed by atoms with van der Waals surface area (Å²) in [7, 11) is -3.90. The Hall–Kier alpha value is -3.59. The third-order valence-corrected chi connectivity index (χ3v) is 9.87. The van der Waals surface area contributed by atoms with Gasteiger partial charge in [-0.3, -0.25) is 9.80 Å². The summed E-state index contributed by atoms with van der Waals surface area (Å²) in [6.45, 7) is 5.32. The summed E-state index contributed by atoms with van der Waals surface area (Å²) in [5.41, 5.74) is 4.41. The Morgan fingerprint density at radius 2 is 1.06 bits per heavy atom. The predicted octanol–water partition coefficient (Wildman–Crippen LogP) is 4.34. The van der Waals surface area contributed by atoms with Crippen LogP contribution in [0.1, 0.15) is 23.3 Å². The molecule has 2 atom stereocenters. The molecule has 254 valence electrons. The van der Waals surface area contributed by atoms with E-state index in [1.165, 1.54) is 24.3 Å². The third kappa shape index (κ3) is 7.99. The van der Waals surface area contributed by atoms with Crippen LogP contribution in [0.25, 0.3) is 33.4 Å². The van der Waals surface area contributed by atoms with Crippen LogP contribution in [0.15, 0.2) is 83.8 Å². The minimum Gasteiger partial charge on any atom is -0.387 e. The number of benzene rings is 4. The molecule has 2 aliphatic rings. The SMILES string of the molecule is NS(=O)(=O)c1ccc(-c2ccc(-c3ccc(F)c(C(O)CN4CCOCC4)c3)cc2-c2ccc(F)c(C(O)CN3CCOCC3)c2)cc1. The topological polar surface area (TPSA) is 126 Å². The van der Waals surface area contributed by atoms with Gasteiger partial charge in [0, 0.05) is 50.4 Å². The molecule has 2 unspecified atom stereocenters. The van der Waals surface area contributed by atoms with Gasteiger partial charge in [-0.25, -0.2) is 22.3 Å². The summed E-state index contributed by atoms with van der Waals surface area (Å²) in [4.78, 5) is 4.03. The molecule has 0 saturated carbocycles. The van der Waals surface area contributed by atoms with Crippen LogP contribution in [0.4, 0.5) is 8.78 Å². The van der Waals surface area contributed by atoms with Crippen LogP contribution in [0.5, 0.6) is 0 Å². The number of nitrogens with two attached hydrogens (primary N) is 1. The van der Waals surface area contributed by atoms with Crippen molar-refractivity contribution >= 4 is 10.0 Å². The molecule has 2 fully saturated rings. The number of morpholine rings is 2. The van der Waals surface area contributed by atoms with E-state index in [4.69, 9.17) is 14.6 Å². The van der Waals surface area contributed by atoms with Gasteiger partial charge in [0.1, 0.15) is 11.6 Å². The largest absolute Gasteiger partial charge is 0.387 e. The number of aliphatic hydroxyl groups is 2. The van der Waals surface area contributed by atoms with E-state index in [1.54, 1.807) is 36.4 Å². The van der Waals surface area contributed by atoms with Crippen molar-refractivity contribution in [1.29, 1.82) is 0 Å². The summed E-state index contributed by atoms with van der Waals surface area (Å²) in [5, 5.41) is 27.5. The molecule has 2 aliphatic heterocycles. The second-order valence-electron chi connectivity index (χ2n) is 12.2. The van der Waals surface area contributed by atoms with Crippen LogP contribution in [0.3, 0.4) is 0 Å². The summed E-state index contributed by atoms with van der Waals surface area (Å²) < 4.78 is 64.8. The van der Waals surface area contributed by atoms with Crippen LogP contribution in [0.2, 0.25) is 0 Å². The van der Waals surface area contributed by atoms with E-state index in [9.17, 15) is 18.6 Å². The molecule has 4 aromatic carbocycles. The van der Waals surface area contributed by atoms with E-state index >= 15 is 8.78 Å². The van der Waals surface area contributed by atoms with Crippen molar-refractivity contribution in [1.82, 2.24) is 9.80 Å². The van der Waals surface area contributed by atoms with Gasteiger partial charge in [-0.05, 0) is 75.8 Å². The van der Waals surface area contributed by atoms with Gasteiger partial charge < -0.3 is 19.7 Å². The second-order valence-corrected chi connectivity index (χ2v) is 13.7. The van der Waals surface area contributed by atoms with E-state index in [0.29, 0.717) is 74.9 Å². The number of nitrogens with zero attached hydrogens (tertiary/aromatic N) is 2. The Morgan fingerprint density at radius 3 is 1.58 bits per heavy atom. The first-order valence-corrected chi connectivity index (χ1v) is 17.4. The predicted molar refractivity (Wildman–Crippen MR) is 178 cm³/mol. The van der Waals surface area contributed by atoms with Crippen molar-refractivity contribution in [3.05, 3.63) is 102 Å². The van der Waals surface area contributed by atoms with Crippen molar-refractivity contribution < 1.29 is 36.9 Å². The average Bonchev–Trinajstić information content (AvgIpc) is 3.09. The van der Waals surface area contributed by atoms with Gasteiger partial charge in [0.25, 0.3) is 0 Å². The molecule has 0 spiro atoms. The highest BCUT2D eigenvalue weighted by Gasteiger charge is 2.22. The fraction of sp³-hybridized carbons (Fsp3) is 0.333. The molecule has 2 heterocycles. The molecule has 48 heavy (non-hydrogen) atoms. The Labute approximate surface area is 279 Å². The highest BCUT2D eigenvalue weighted by molar-refractivity contribution is 7.89. The number of aliphatic hydroxyl groups excluding tert-OH is 2. The smallest absolute Gasteiger partial charge is 0.238 e. The number of sulfonamides is 1. The number of hydrogen-bond acceptors (Lipinski definition) is 8. The average molecular weight is 680 g/mol. The molecule has 9 nitrogen and oxygen atoms in total. The molecule has 6 rings (SSSR count). The number of rotatable bonds is 10. The van der Waals surface area contributed by atoms with Gasteiger partial charge in [-0.1, -0.05) is 36.4 Å². The summed E-state index contributed by atoms with van der Waals surface area (Å²) in [5.74, 6) is -1.05. The van der Waals surface area contributed by atoms with Crippen LogP contribution >= 0.6 is 0 Å². The Morgan fingerprint density at radius 1 is 0.625 bits per heavy atom. The molecule has 0 radical (unpaired) electrons. The van der Waals surface area contributed by atoms with E-state index in [-0.39, 0.29) is 29.1 Å². The molecule has 0 amide bonds. The molecule has 0 bridgehead atoms. The molecular formula is C36H39F2N3O6S. The minimum absolute atomic E-state index is 0.0331. The van der Waals surface area contributed by atoms with Crippen molar-refractivity contribution in [2.75, 3.05) is 65.7 Å². The summed E-state index contributed by atoms with van der Waals surface area (Å²) >= 11 is 0. The zero-order valence-corrected chi connectivity index (χ0v) is 27.2. The highest BCUT2D eigenvalue weighted by atomic mass is 32.2. The lowest BCUT2D eigenvalue weighted by molar-refractivity contribution is 0.0135. The number of hydrogen-bond donors (Lipinski definition) is 3. The number of primary sulfonamides is 1. The first-order chi connectivity index (χ1) is 23.1. The Bertz CT molecular complexity index is 1850. The first-order valence-electron chi connectivity index (χ1n) is 15.9. The third-order valence-electron chi connectivity index (χ3n) is 8.94. The highest BCUT2D eigenvalue weighted by Crippen LogP contribution is 2.38. The van der Waals surface area contributed by atoms with Crippen molar-refractivity contribution in [3.8, 4) is 33.4 Å². The fourth-order valence-corrected chi connectivity index (χ4v) is 6.75. The normalized spacial score (nSPS) is 17.7. The fourth-order valence-electron chi connectivity index (χ4n) is 6.24. The van der Waals surface area contributed by atoms with Crippen molar-refractivity contribution in [2.24, 2.45) is 5.14 Å². The van der Waals surface area contributed by atoms with Gasteiger partial charge in [-0.15, -0.1) is 0 Å². The maximum Gasteiger partial charge on any atom is 0.238 e. The van der Waals surface area contributed by atoms with Crippen LogP contribution in [0, 0.1) is 11.6 Å². The molecule has 12 heteroatoms. The zero-order valence-electron chi connectivity index (χ0n) is 26.4. The standard InChI is InChI=1S/C36H39F2N3O6S/c37-33-9-4-26(20-31(33)35(42)22-40-11-15-46-16-12-40)25-3-8-29(24-1-6-28(7-2-24)48(39,44)45)30(19-25)27-5-10-34(38)32(21-27)36(43)23-41-13-17-47-18-14-41/h1-10,19-21,35-36,42-43H,11-18,22-23H2,(H2,39,44,45). The van der Waals surface area contributed by atoms with Crippen LogP contribution in [-0.2, 0) is 19.5 Å².